The van der Waals surface area contributed by atoms with Crippen molar-refractivity contribution in [3.8, 4) is 0 Å². The molecule has 0 heterocycles. The van der Waals surface area contributed by atoms with Crippen LogP contribution in [0.2, 0.25) is 10.0 Å². The minimum absolute atomic E-state index is 0.103. The molecule has 0 aliphatic heterocycles. The van der Waals surface area contributed by atoms with E-state index in [0.29, 0.717) is 34.4 Å². The molecule has 0 saturated heterocycles. The third kappa shape index (κ3) is 4.42. The Hall–Kier alpha value is -1.26. The highest BCUT2D eigenvalue weighted by molar-refractivity contribution is 6.35. The third-order valence-electron chi connectivity index (χ3n) is 4.86. The number of carbonyl (C=O) groups is 2. The Morgan fingerprint density at radius 1 is 1.29 bits per heavy atom. The number of nitrogens with one attached hydrogen (secondary N) is 1. The first-order valence-corrected chi connectivity index (χ1v) is 8.99. The van der Waals surface area contributed by atoms with Crippen LogP contribution in [0, 0.1) is 5.92 Å². The van der Waals surface area contributed by atoms with Crippen molar-refractivity contribution in [2.45, 2.75) is 51.0 Å². The summed E-state index contributed by atoms with van der Waals surface area (Å²) < 4.78 is 4.96. The number of ether oxygens (including phenoxy) is 1. The molecule has 1 N–H and O–H groups in total. The number of methoxy groups -OCH3 is 1. The minimum atomic E-state index is -0.920. The topological polar surface area (TPSA) is 55.4 Å². The second-order valence-electron chi connectivity index (χ2n) is 6.39. The summed E-state index contributed by atoms with van der Waals surface area (Å²) in [6.07, 6.45) is 4.23. The van der Waals surface area contributed by atoms with Gasteiger partial charge < -0.3 is 10.1 Å². The van der Waals surface area contributed by atoms with Crippen LogP contribution in [0.1, 0.15) is 44.6 Å². The number of carbonyl (C=O) groups excluding carboxylic acids is 2. The lowest BCUT2D eigenvalue weighted by Crippen LogP contribution is -2.57. The Labute approximate surface area is 152 Å². The molecule has 1 saturated carbocycles. The van der Waals surface area contributed by atoms with Crippen LogP contribution in [0.3, 0.4) is 0 Å². The highest BCUT2D eigenvalue weighted by Crippen LogP contribution is 2.34. The summed E-state index contributed by atoms with van der Waals surface area (Å²) in [7, 11) is 1.36. The largest absolute Gasteiger partial charge is 0.467 e. The summed E-state index contributed by atoms with van der Waals surface area (Å²) in [4.78, 5) is 24.8. The maximum atomic E-state index is 12.5. The van der Waals surface area contributed by atoms with E-state index in [1.165, 1.54) is 7.11 Å². The van der Waals surface area contributed by atoms with Crippen LogP contribution in [0.5, 0.6) is 0 Å². The molecule has 1 amide bonds. The molecule has 1 aliphatic carbocycles. The van der Waals surface area contributed by atoms with Gasteiger partial charge in [0.2, 0.25) is 5.91 Å². The molecule has 0 unspecified atom stereocenters. The number of hydrogen-bond acceptors (Lipinski definition) is 3. The molecule has 6 heteroatoms. The zero-order chi connectivity index (χ0) is 17.7. The third-order valence-corrected chi connectivity index (χ3v) is 5.44. The first kappa shape index (κ1) is 19.1. The molecular weight excluding hydrogens is 349 g/mol. The Morgan fingerprint density at radius 3 is 2.50 bits per heavy atom. The smallest absolute Gasteiger partial charge is 0.331 e. The summed E-state index contributed by atoms with van der Waals surface area (Å²) in [6.45, 7) is 2.15. The molecule has 0 radical (unpaired) electrons. The van der Waals surface area contributed by atoms with Crippen LogP contribution in [0.25, 0.3) is 0 Å². The van der Waals surface area contributed by atoms with Gasteiger partial charge in [0.1, 0.15) is 5.54 Å². The van der Waals surface area contributed by atoms with Gasteiger partial charge in [-0.05, 0) is 49.3 Å². The fraction of sp³-hybridized carbons (Fsp3) is 0.556. The molecule has 2 rings (SSSR count). The second-order valence-corrected chi connectivity index (χ2v) is 7.23. The predicted octanol–water partition coefficient (Wildman–Crippen LogP) is 4.16. The number of esters is 1. The lowest BCUT2D eigenvalue weighted by atomic mass is 9.75. The molecule has 132 valence electrons. The van der Waals surface area contributed by atoms with Crippen LogP contribution in [-0.4, -0.2) is 24.5 Å². The van der Waals surface area contributed by atoms with E-state index in [-0.39, 0.29) is 18.3 Å². The van der Waals surface area contributed by atoms with Crippen molar-refractivity contribution in [1.29, 1.82) is 0 Å². The Bertz CT molecular complexity index is 610. The Balaban J connectivity index is 2.09. The number of hydrogen-bond donors (Lipinski definition) is 1. The molecule has 0 aromatic heterocycles. The first-order chi connectivity index (χ1) is 11.4. The Kier molecular flexibility index (Phi) is 6.53. The van der Waals surface area contributed by atoms with E-state index in [9.17, 15) is 9.59 Å². The SMILES string of the molecule is CCC1CCC(NC(=O)Cc2ccc(Cl)cc2Cl)(C(=O)OC)CC1. The molecule has 1 aromatic carbocycles. The number of amides is 1. The van der Waals surface area contributed by atoms with Gasteiger partial charge in [0.05, 0.1) is 13.5 Å². The van der Waals surface area contributed by atoms with Crippen LogP contribution in [0.15, 0.2) is 18.2 Å². The van der Waals surface area contributed by atoms with Gasteiger partial charge in [-0.3, -0.25) is 4.79 Å². The molecule has 1 fully saturated rings. The molecule has 0 spiro atoms. The summed E-state index contributed by atoms with van der Waals surface area (Å²) in [6, 6.07) is 5.02. The van der Waals surface area contributed by atoms with E-state index < -0.39 is 5.54 Å². The predicted molar refractivity (Wildman–Crippen MR) is 95.3 cm³/mol. The fourth-order valence-corrected chi connectivity index (χ4v) is 3.78. The van der Waals surface area contributed by atoms with Crippen LogP contribution < -0.4 is 5.32 Å². The van der Waals surface area contributed by atoms with E-state index in [1.807, 2.05) is 0 Å². The zero-order valence-corrected chi connectivity index (χ0v) is 15.5. The Morgan fingerprint density at radius 2 is 1.96 bits per heavy atom. The van der Waals surface area contributed by atoms with Crippen molar-refractivity contribution in [2.75, 3.05) is 7.11 Å². The van der Waals surface area contributed by atoms with Crippen molar-refractivity contribution in [1.82, 2.24) is 5.32 Å². The van der Waals surface area contributed by atoms with Crippen LogP contribution in [0.4, 0.5) is 0 Å². The molecular formula is C18H23Cl2NO3. The lowest BCUT2D eigenvalue weighted by molar-refractivity contribution is -0.153. The average Bonchev–Trinajstić information content (AvgIpc) is 2.57. The van der Waals surface area contributed by atoms with Crippen molar-refractivity contribution in [3.05, 3.63) is 33.8 Å². The maximum absolute atomic E-state index is 12.5. The number of benzene rings is 1. The van der Waals surface area contributed by atoms with Crippen molar-refractivity contribution >= 4 is 35.1 Å². The van der Waals surface area contributed by atoms with Crippen molar-refractivity contribution in [2.24, 2.45) is 5.92 Å². The van der Waals surface area contributed by atoms with Gasteiger partial charge >= 0.3 is 5.97 Å². The molecule has 1 aromatic rings. The maximum Gasteiger partial charge on any atom is 0.331 e. The second kappa shape index (κ2) is 8.21. The standard InChI is InChI=1S/C18H23Cl2NO3/c1-3-12-6-8-18(9-7-12,17(23)24-2)21-16(22)10-13-4-5-14(19)11-15(13)20/h4-5,11-12H,3,6-10H2,1-2H3,(H,21,22). The highest BCUT2D eigenvalue weighted by atomic mass is 35.5. The van der Waals surface area contributed by atoms with E-state index in [4.69, 9.17) is 27.9 Å². The van der Waals surface area contributed by atoms with E-state index >= 15 is 0 Å². The molecule has 4 nitrogen and oxygen atoms in total. The average molecular weight is 372 g/mol. The van der Waals surface area contributed by atoms with Gasteiger partial charge in [-0.2, -0.15) is 0 Å². The molecule has 1 aliphatic rings. The molecule has 0 bridgehead atoms. The van der Waals surface area contributed by atoms with Gasteiger partial charge in [-0.15, -0.1) is 0 Å². The lowest BCUT2D eigenvalue weighted by Gasteiger charge is -2.38. The molecule has 0 atom stereocenters. The van der Waals surface area contributed by atoms with Gasteiger partial charge in [-0.25, -0.2) is 4.79 Å². The van der Waals surface area contributed by atoms with Gasteiger partial charge in [-0.1, -0.05) is 42.6 Å². The fourth-order valence-electron chi connectivity index (χ4n) is 3.30. The van der Waals surface area contributed by atoms with Gasteiger partial charge in [0.25, 0.3) is 0 Å². The normalized spacial score (nSPS) is 23.6. The zero-order valence-electron chi connectivity index (χ0n) is 14.0. The van der Waals surface area contributed by atoms with Crippen LogP contribution in [-0.2, 0) is 20.7 Å². The summed E-state index contributed by atoms with van der Waals surface area (Å²) in [5, 5.41) is 3.88. The van der Waals surface area contributed by atoms with Crippen molar-refractivity contribution in [3.63, 3.8) is 0 Å². The summed E-state index contributed by atoms with van der Waals surface area (Å²) in [5.74, 6) is -0.00225. The first-order valence-electron chi connectivity index (χ1n) is 8.23. The van der Waals surface area contributed by atoms with E-state index in [2.05, 4.69) is 12.2 Å². The van der Waals surface area contributed by atoms with Crippen molar-refractivity contribution < 1.29 is 14.3 Å². The monoisotopic (exact) mass is 371 g/mol. The van der Waals surface area contributed by atoms with Gasteiger partial charge in [0, 0.05) is 10.0 Å². The van der Waals surface area contributed by atoms with Gasteiger partial charge in [0.15, 0.2) is 0 Å². The number of rotatable bonds is 5. The van der Waals surface area contributed by atoms with Crippen LogP contribution >= 0.6 is 23.2 Å². The van der Waals surface area contributed by atoms with E-state index in [0.717, 1.165) is 19.3 Å². The van der Waals surface area contributed by atoms with E-state index in [1.54, 1.807) is 18.2 Å². The summed E-state index contributed by atoms with van der Waals surface area (Å²) in [5.41, 5.74) is -0.239. The summed E-state index contributed by atoms with van der Waals surface area (Å²) >= 11 is 12.0. The quantitative estimate of drug-likeness (QED) is 0.790. The minimum Gasteiger partial charge on any atom is -0.467 e. The highest BCUT2D eigenvalue weighted by Gasteiger charge is 2.43. The number of halogens is 2. The molecule has 24 heavy (non-hydrogen) atoms.